The Morgan fingerprint density at radius 3 is 0.871 bits per heavy atom. The van der Waals surface area contributed by atoms with Gasteiger partial charge in [-0.25, -0.2) is 0 Å². The quantitative estimate of drug-likeness (QED) is 0.0914. The molecular formula is C51H59F9I2O6S2. The first-order chi connectivity index (χ1) is 31.5. The maximum absolute atomic E-state index is 14.4. The molecule has 388 valence electrons. The molecule has 70 heavy (non-hydrogen) atoms. The van der Waals surface area contributed by atoms with Crippen LogP contribution in [0.5, 0.6) is 0 Å². The average Bonchev–Trinajstić information content (AvgIpc) is 3.23. The molecule has 0 saturated carbocycles. The Labute approximate surface area is 422 Å². The summed E-state index contributed by atoms with van der Waals surface area (Å²) in [6.07, 6.45) is -7.17. The third-order valence-electron chi connectivity index (χ3n) is 10.7. The Balaban J connectivity index is 0.000000309. The van der Waals surface area contributed by atoms with Crippen molar-refractivity contribution in [2.75, 3.05) is 0 Å². The van der Waals surface area contributed by atoms with Crippen LogP contribution in [0.3, 0.4) is 0 Å². The monoisotopic (exact) mass is 1260 g/mol. The topological polar surface area (TPSA) is 86.7 Å². The second-order valence-corrected chi connectivity index (χ2v) is 33.6. The molecule has 0 aliphatic rings. The van der Waals surface area contributed by atoms with Crippen LogP contribution in [0.25, 0.3) is 0 Å². The Bertz CT molecular complexity index is 2660. The SMILES string of the molecule is CC(C)(C)c1ccc(I(OS(=O)(=O)C(F)(F)C(F)(F)C(F)(F)C(F)(F)F)c2ccc(C(C)(C)C)cc2)cc1.Cc1ccc(S(=O)(=O)OI(c2ccc(C(C)(C)C)cc2)c2ccc(C(C)(C)C)cc2)cc1. The summed E-state index contributed by atoms with van der Waals surface area (Å²) in [6.45, 7) is 26.0. The Kier molecular flexibility index (Phi) is 17.7. The van der Waals surface area contributed by atoms with Gasteiger partial charge in [0.05, 0.1) is 0 Å². The molecule has 0 bridgehead atoms. The van der Waals surface area contributed by atoms with E-state index in [2.05, 4.69) is 68.3 Å². The van der Waals surface area contributed by atoms with Crippen molar-refractivity contribution in [3.05, 3.63) is 163 Å². The van der Waals surface area contributed by atoms with Crippen molar-refractivity contribution in [3.8, 4) is 0 Å². The van der Waals surface area contributed by atoms with E-state index in [1.807, 2.05) is 72.7 Å². The van der Waals surface area contributed by atoms with Gasteiger partial charge in [0, 0.05) is 0 Å². The third kappa shape index (κ3) is 13.7. The zero-order valence-electron chi connectivity index (χ0n) is 41.0. The van der Waals surface area contributed by atoms with Crippen molar-refractivity contribution >= 4 is 60.7 Å². The number of hydrogen-bond acceptors (Lipinski definition) is 6. The predicted molar refractivity (Wildman–Crippen MR) is 274 cm³/mol. The van der Waals surface area contributed by atoms with Crippen LogP contribution in [0, 0.1) is 21.2 Å². The minimum absolute atomic E-state index is 0.00372. The molecule has 0 spiro atoms. The normalized spacial score (nSPS) is 14.1. The summed E-state index contributed by atoms with van der Waals surface area (Å²) in [4.78, 5) is 0.197. The Morgan fingerprint density at radius 1 is 0.371 bits per heavy atom. The van der Waals surface area contributed by atoms with Crippen molar-refractivity contribution in [1.29, 1.82) is 0 Å². The number of rotatable bonds is 12. The fourth-order valence-corrected chi connectivity index (χ4v) is 19.9. The molecule has 5 rings (SSSR count). The summed E-state index contributed by atoms with van der Waals surface area (Å²) < 4.78 is 185. The molecule has 0 heterocycles. The van der Waals surface area contributed by atoms with E-state index in [9.17, 15) is 56.3 Å². The van der Waals surface area contributed by atoms with Crippen LogP contribution >= 0.6 is 40.5 Å². The van der Waals surface area contributed by atoms with E-state index in [0.717, 1.165) is 23.8 Å². The van der Waals surface area contributed by atoms with E-state index in [1.165, 1.54) is 59.7 Å². The number of hydrogen-bond donors (Lipinski definition) is 0. The van der Waals surface area contributed by atoms with Crippen molar-refractivity contribution in [2.24, 2.45) is 0 Å². The van der Waals surface area contributed by atoms with Gasteiger partial charge >= 0.3 is 425 Å². The maximum atomic E-state index is 14.4. The number of aryl methyl sites for hydroxylation is 1. The first kappa shape index (κ1) is 59.3. The van der Waals surface area contributed by atoms with Gasteiger partial charge in [-0.3, -0.25) is 0 Å². The van der Waals surface area contributed by atoms with E-state index in [-0.39, 0.29) is 22.9 Å². The standard InChI is InChI=1S/C27H33IO3S.C24H26F9IO3S/c1-20-8-18-25(19-9-20)32(29,30)31-28(23-14-10-21(11-15-23)26(2,3)4)24-16-12-22(13-17-24)27(5,6)7;1-19(2,3)15-7-11-17(12-8-15)34(18-13-9-16(10-14-18)20(4,5)6)37-38(35,36)24(32,33)22(27,28)21(25,26)23(29,30)31/h8-19H,1-7H3;7-14H,1-6H3. The van der Waals surface area contributed by atoms with Crippen LogP contribution in [-0.2, 0) is 46.9 Å². The number of alkyl halides is 9. The van der Waals surface area contributed by atoms with Gasteiger partial charge in [0.2, 0.25) is 0 Å². The minimum atomic E-state index is -7.37. The summed E-state index contributed by atoms with van der Waals surface area (Å²) in [6, 6.07) is 34.7. The van der Waals surface area contributed by atoms with Crippen LogP contribution in [0.1, 0.15) is 111 Å². The molecule has 6 nitrogen and oxygen atoms in total. The van der Waals surface area contributed by atoms with Gasteiger partial charge in [0.25, 0.3) is 0 Å². The summed E-state index contributed by atoms with van der Waals surface area (Å²) in [5.74, 6) is -14.7. The second kappa shape index (κ2) is 20.9. The average molecular weight is 1260 g/mol. The van der Waals surface area contributed by atoms with Gasteiger partial charge in [0.1, 0.15) is 0 Å². The molecule has 5 aromatic rings. The fraction of sp³-hybridized carbons (Fsp3) is 0.412. The summed E-state index contributed by atoms with van der Waals surface area (Å²) in [5, 5.41) is -6.93. The molecule has 0 radical (unpaired) electrons. The van der Waals surface area contributed by atoms with Crippen molar-refractivity contribution in [1.82, 2.24) is 0 Å². The van der Waals surface area contributed by atoms with E-state index in [4.69, 9.17) is 2.51 Å². The van der Waals surface area contributed by atoms with Gasteiger partial charge < -0.3 is 0 Å². The van der Waals surface area contributed by atoms with Crippen molar-refractivity contribution < 1.29 is 61.4 Å². The summed E-state index contributed by atoms with van der Waals surface area (Å²) >= 11 is -6.88. The van der Waals surface area contributed by atoms with Crippen LogP contribution in [0.2, 0.25) is 0 Å². The molecule has 0 N–H and O–H groups in total. The molecule has 0 amide bonds. The molecule has 0 unspecified atom stereocenters. The predicted octanol–water partition coefficient (Wildman–Crippen LogP) is 16.0. The Hall–Kier alpha value is -3.25. The van der Waals surface area contributed by atoms with Crippen LogP contribution in [-0.4, -0.2) is 40.1 Å². The zero-order chi connectivity index (χ0) is 53.5. The van der Waals surface area contributed by atoms with Crippen molar-refractivity contribution in [2.45, 2.75) is 140 Å². The molecule has 0 aliphatic heterocycles. The van der Waals surface area contributed by atoms with E-state index in [1.54, 1.807) is 24.3 Å². The van der Waals surface area contributed by atoms with Gasteiger partial charge in [-0.2, -0.15) is 0 Å². The van der Waals surface area contributed by atoms with Gasteiger partial charge in [-0.05, 0) is 0 Å². The van der Waals surface area contributed by atoms with E-state index >= 15 is 0 Å². The summed E-state index contributed by atoms with van der Waals surface area (Å²) in [7, 11) is -10.9. The summed E-state index contributed by atoms with van der Waals surface area (Å²) in [5.41, 5.74) is 4.16. The molecule has 0 fully saturated rings. The number of benzene rings is 5. The van der Waals surface area contributed by atoms with Crippen LogP contribution < -0.4 is 0 Å². The van der Waals surface area contributed by atoms with Gasteiger partial charge in [-0.1, -0.05) is 0 Å². The molecule has 0 saturated heterocycles. The molecule has 19 heteroatoms. The molecule has 0 atom stereocenters. The fourth-order valence-electron chi connectivity index (χ4n) is 6.12. The number of halogens is 11. The first-order valence-electron chi connectivity index (χ1n) is 21.5. The zero-order valence-corrected chi connectivity index (χ0v) is 46.9. The molecule has 0 aliphatic carbocycles. The van der Waals surface area contributed by atoms with Gasteiger partial charge in [0.15, 0.2) is 0 Å². The van der Waals surface area contributed by atoms with E-state index in [0.29, 0.717) is 0 Å². The van der Waals surface area contributed by atoms with E-state index < -0.39 is 94.8 Å². The second-order valence-electron chi connectivity index (χ2n) is 20.5. The molecular weight excluding hydrogens is 1200 g/mol. The molecule has 0 aromatic heterocycles. The first-order valence-corrected chi connectivity index (χ1v) is 30.4. The van der Waals surface area contributed by atoms with Crippen LogP contribution in [0.4, 0.5) is 39.5 Å². The third-order valence-corrected chi connectivity index (χ3v) is 25.4. The van der Waals surface area contributed by atoms with Crippen molar-refractivity contribution in [3.63, 3.8) is 0 Å². The van der Waals surface area contributed by atoms with Crippen LogP contribution in [0.15, 0.2) is 126 Å². The molecule has 5 aromatic carbocycles. The Morgan fingerprint density at radius 2 is 0.629 bits per heavy atom. The van der Waals surface area contributed by atoms with Gasteiger partial charge in [-0.15, -0.1) is 0 Å².